The average molecular weight is 273 g/mol. The molecule has 0 radical (unpaired) electrons. The first-order valence-electron chi connectivity index (χ1n) is 4.00. The quantitative estimate of drug-likeness (QED) is 0.799. The predicted molar refractivity (Wildman–Crippen MR) is 58.8 cm³/mol. The van der Waals surface area contributed by atoms with Crippen LogP contribution in [0.25, 0.3) is 5.69 Å². The molecular formula is C9H7BrClN3. The normalized spacial score (nSPS) is 10.5. The van der Waals surface area contributed by atoms with E-state index in [4.69, 9.17) is 11.6 Å². The maximum absolute atomic E-state index is 5.84. The number of halogens is 2. The van der Waals surface area contributed by atoms with Gasteiger partial charge in [-0.05, 0) is 36.2 Å². The van der Waals surface area contributed by atoms with Crippen LogP contribution < -0.4 is 0 Å². The third-order valence-electron chi connectivity index (χ3n) is 1.94. The van der Waals surface area contributed by atoms with Gasteiger partial charge in [0.1, 0.15) is 6.33 Å². The lowest BCUT2D eigenvalue weighted by Crippen LogP contribution is -1.92. The summed E-state index contributed by atoms with van der Waals surface area (Å²) in [7, 11) is 0. The second kappa shape index (κ2) is 3.71. The van der Waals surface area contributed by atoms with Gasteiger partial charge in [-0.3, -0.25) is 4.57 Å². The van der Waals surface area contributed by atoms with E-state index >= 15 is 0 Å². The van der Waals surface area contributed by atoms with Crippen molar-refractivity contribution in [2.45, 2.75) is 6.92 Å². The maximum atomic E-state index is 5.84. The number of benzene rings is 1. The van der Waals surface area contributed by atoms with Crippen LogP contribution in [0.1, 0.15) is 5.56 Å². The minimum atomic E-state index is 0.362. The molecule has 0 fully saturated rings. The fourth-order valence-corrected chi connectivity index (χ4v) is 1.68. The van der Waals surface area contributed by atoms with Crippen molar-refractivity contribution in [3.8, 4) is 5.69 Å². The minimum Gasteiger partial charge on any atom is -0.272 e. The van der Waals surface area contributed by atoms with Gasteiger partial charge in [-0.2, -0.15) is 0 Å². The molecule has 1 aromatic heterocycles. The van der Waals surface area contributed by atoms with Gasteiger partial charge in [-0.25, -0.2) is 0 Å². The van der Waals surface area contributed by atoms with Gasteiger partial charge in [0.05, 0.1) is 5.69 Å². The Morgan fingerprint density at radius 3 is 2.79 bits per heavy atom. The SMILES string of the molecule is Cc1ccc(-n2cnnc2Cl)cc1Br. The van der Waals surface area contributed by atoms with Crippen LogP contribution in [0.4, 0.5) is 0 Å². The molecular weight excluding hydrogens is 265 g/mol. The topological polar surface area (TPSA) is 30.7 Å². The first-order chi connectivity index (χ1) is 6.68. The highest BCUT2D eigenvalue weighted by molar-refractivity contribution is 9.10. The van der Waals surface area contributed by atoms with E-state index in [-0.39, 0.29) is 0 Å². The summed E-state index contributed by atoms with van der Waals surface area (Å²) in [5.74, 6) is 0. The number of rotatable bonds is 1. The second-order valence-corrected chi connectivity index (χ2v) is 4.10. The fourth-order valence-electron chi connectivity index (χ4n) is 1.13. The highest BCUT2D eigenvalue weighted by Crippen LogP contribution is 2.21. The lowest BCUT2D eigenvalue weighted by Gasteiger charge is -2.04. The van der Waals surface area contributed by atoms with E-state index in [9.17, 15) is 0 Å². The second-order valence-electron chi connectivity index (χ2n) is 2.90. The Labute approximate surface area is 94.9 Å². The molecule has 1 heterocycles. The van der Waals surface area contributed by atoms with Gasteiger partial charge < -0.3 is 0 Å². The molecule has 0 aliphatic rings. The van der Waals surface area contributed by atoms with Crippen molar-refractivity contribution in [1.82, 2.24) is 14.8 Å². The zero-order chi connectivity index (χ0) is 10.1. The standard InChI is InChI=1S/C9H7BrClN3/c1-6-2-3-7(4-8(6)10)14-5-12-13-9(14)11/h2-5H,1H3. The summed E-state index contributed by atoms with van der Waals surface area (Å²) in [5, 5.41) is 7.79. The summed E-state index contributed by atoms with van der Waals surface area (Å²) >= 11 is 9.30. The van der Waals surface area contributed by atoms with Crippen molar-refractivity contribution in [2.24, 2.45) is 0 Å². The highest BCUT2D eigenvalue weighted by atomic mass is 79.9. The molecule has 1 aromatic carbocycles. The predicted octanol–water partition coefficient (Wildman–Crippen LogP) is 2.99. The molecule has 0 N–H and O–H groups in total. The summed E-state index contributed by atoms with van der Waals surface area (Å²) in [5.41, 5.74) is 2.12. The molecule has 14 heavy (non-hydrogen) atoms. The molecule has 0 bridgehead atoms. The summed E-state index contributed by atoms with van der Waals surface area (Å²) in [6.45, 7) is 2.03. The van der Waals surface area contributed by atoms with Crippen LogP contribution in [0.5, 0.6) is 0 Å². The average Bonchev–Trinajstić information content (AvgIpc) is 2.57. The number of nitrogens with zero attached hydrogens (tertiary/aromatic N) is 3. The monoisotopic (exact) mass is 271 g/mol. The van der Waals surface area contributed by atoms with E-state index in [0.29, 0.717) is 5.28 Å². The third kappa shape index (κ3) is 1.67. The lowest BCUT2D eigenvalue weighted by molar-refractivity contribution is 1.05. The van der Waals surface area contributed by atoms with Gasteiger partial charge in [0.25, 0.3) is 0 Å². The van der Waals surface area contributed by atoms with E-state index in [1.165, 1.54) is 5.56 Å². The van der Waals surface area contributed by atoms with E-state index in [0.717, 1.165) is 10.2 Å². The van der Waals surface area contributed by atoms with Crippen molar-refractivity contribution in [3.05, 3.63) is 39.8 Å². The van der Waals surface area contributed by atoms with E-state index in [1.54, 1.807) is 10.9 Å². The van der Waals surface area contributed by atoms with Crippen molar-refractivity contribution in [1.29, 1.82) is 0 Å². The molecule has 3 nitrogen and oxygen atoms in total. The van der Waals surface area contributed by atoms with Gasteiger partial charge >= 0.3 is 0 Å². The molecule has 0 saturated carbocycles. The van der Waals surface area contributed by atoms with Crippen LogP contribution >= 0.6 is 27.5 Å². The molecule has 72 valence electrons. The molecule has 0 spiro atoms. The Morgan fingerprint density at radius 1 is 1.43 bits per heavy atom. The van der Waals surface area contributed by atoms with Crippen molar-refractivity contribution >= 4 is 27.5 Å². The third-order valence-corrected chi connectivity index (χ3v) is 3.05. The van der Waals surface area contributed by atoms with Crippen molar-refractivity contribution in [3.63, 3.8) is 0 Å². The fraction of sp³-hybridized carbons (Fsp3) is 0.111. The molecule has 0 saturated heterocycles. The molecule has 0 unspecified atom stereocenters. The van der Waals surface area contributed by atoms with E-state index in [2.05, 4.69) is 26.1 Å². The Balaban J connectivity index is 2.53. The number of aromatic nitrogens is 3. The van der Waals surface area contributed by atoms with Crippen LogP contribution in [-0.2, 0) is 0 Å². The number of hydrogen-bond donors (Lipinski definition) is 0. The van der Waals surface area contributed by atoms with Crippen molar-refractivity contribution < 1.29 is 0 Å². The maximum Gasteiger partial charge on any atom is 0.229 e. The van der Waals surface area contributed by atoms with Crippen LogP contribution in [0.3, 0.4) is 0 Å². The molecule has 2 aromatic rings. The number of aryl methyl sites for hydroxylation is 1. The molecule has 0 aliphatic carbocycles. The van der Waals surface area contributed by atoms with Gasteiger partial charge in [0.15, 0.2) is 0 Å². The summed E-state index contributed by atoms with van der Waals surface area (Å²) < 4.78 is 2.76. The van der Waals surface area contributed by atoms with Gasteiger partial charge in [0, 0.05) is 4.47 Å². The first kappa shape index (κ1) is 9.68. The highest BCUT2D eigenvalue weighted by Gasteiger charge is 2.04. The molecule has 2 rings (SSSR count). The lowest BCUT2D eigenvalue weighted by atomic mass is 10.2. The zero-order valence-electron chi connectivity index (χ0n) is 7.41. The van der Waals surface area contributed by atoms with E-state index < -0.39 is 0 Å². The van der Waals surface area contributed by atoms with Crippen LogP contribution in [-0.4, -0.2) is 14.8 Å². The van der Waals surface area contributed by atoms with E-state index in [1.807, 2.05) is 25.1 Å². The molecule has 5 heteroatoms. The van der Waals surface area contributed by atoms with Gasteiger partial charge in [0.2, 0.25) is 5.28 Å². The Hall–Kier alpha value is -0.870. The minimum absolute atomic E-state index is 0.362. The molecule has 0 aliphatic heterocycles. The van der Waals surface area contributed by atoms with Gasteiger partial charge in [-0.1, -0.05) is 22.0 Å². The zero-order valence-corrected chi connectivity index (χ0v) is 9.75. The summed E-state index contributed by atoms with van der Waals surface area (Å²) in [6.07, 6.45) is 1.58. The first-order valence-corrected chi connectivity index (χ1v) is 5.17. The smallest absolute Gasteiger partial charge is 0.229 e. The molecule has 0 atom stereocenters. The summed E-state index contributed by atoms with van der Waals surface area (Å²) in [4.78, 5) is 0. The van der Waals surface area contributed by atoms with Crippen LogP contribution in [0.15, 0.2) is 29.0 Å². The Kier molecular flexibility index (Phi) is 2.56. The Bertz CT molecular complexity index is 467. The van der Waals surface area contributed by atoms with Gasteiger partial charge in [-0.15, -0.1) is 10.2 Å². The summed E-state index contributed by atoms with van der Waals surface area (Å²) in [6, 6.07) is 5.95. The van der Waals surface area contributed by atoms with Crippen LogP contribution in [0, 0.1) is 6.92 Å². The van der Waals surface area contributed by atoms with Crippen LogP contribution in [0.2, 0.25) is 5.28 Å². The largest absolute Gasteiger partial charge is 0.272 e. The molecule has 0 amide bonds. The number of hydrogen-bond acceptors (Lipinski definition) is 2. The van der Waals surface area contributed by atoms with Crippen molar-refractivity contribution in [2.75, 3.05) is 0 Å². The Morgan fingerprint density at radius 2 is 2.21 bits per heavy atom.